The third kappa shape index (κ3) is 6.47. The van der Waals surface area contributed by atoms with E-state index in [0.29, 0.717) is 17.8 Å². The van der Waals surface area contributed by atoms with Gasteiger partial charge in [0, 0.05) is 46.9 Å². The first-order valence-electron chi connectivity index (χ1n) is 12.4. The van der Waals surface area contributed by atoms with Crippen molar-refractivity contribution in [1.82, 2.24) is 15.0 Å². The number of hydrogen-bond acceptors (Lipinski definition) is 7. The van der Waals surface area contributed by atoms with Crippen molar-refractivity contribution in [3.05, 3.63) is 96.2 Å². The number of nitriles is 1. The van der Waals surface area contributed by atoms with Crippen molar-refractivity contribution in [2.75, 3.05) is 16.0 Å². The quantitative estimate of drug-likeness (QED) is 0.291. The van der Waals surface area contributed by atoms with Crippen molar-refractivity contribution >= 4 is 34.5 Å². The minimum atomic E-state index is -0.239. The fourth-order valence-electron chi connectivity index (χ4n) is 4.06. The highest BCUT2D eigenvalue weighted by atomic mass is 16.1. The molecule has 8 nitrogen and oxygen atoms in total. The maximum absolute atomic E-state index is 12.7. The summed E-state index contributed by atoms with van der Waals surface area (Å²) < 4.78 is 0. The lowest BCUT2D eigenvalue weighted by Gasteiger charge is -2.22. The SMILES string of the molecule is CC.N#CC1CCc2nccc(Nc3ccc(C(=O)Nc4ccc(Nc5ccncc5)cn4)cc3)c2C1. The van der Waals surface area contributed by atoms with Gasteiger partial charge in [0.25, 0.3) is 5.91 Å². The highest BCUT2D eigenvalue weighted by Crippen LogP contribution is 2.31. The van der Waals surface area contributed by atoms with Crippen LogP contribution in [0.3, 0.4) is 0 Å². The molecule has 0 aliphatic heterocycles. The molecule has 1 unspecified atom stereocenters. The number of carbonyl (C=O) groups is 1. The summed E-state index contributed by atoms with van der Waals surface area (Å²) in [5.74, 6) is 0.248. The van der Waals surface area contributed by atoms with E-state index in [2.05, 4.69) is 37.0 Å². The number of nitrogens with one attached hydrogen (secondary N) is 3. The maximum atomic E-state index is 12.7. The Morgan fingerprint density at radius 1 is 0.892 bits per heavy atom. The number of aryl methyl sites for hydroxylation is 1. The Kier molecular flexibility index (Phi) is 8.40. The van der Waals surface area contributed by atoms with Gasteiger partial charge in [-0.3, -0.25) is 14.8 Å². The second-order valence-corrected chi connectivity index (χ2v) is 8.30. The molecule has 1 aliphatic carbocycles. The molecule has 0 spiro atoms. The first-order chi connectivity index (χ1) is 18.2. The molecule has 3 heterocycles. The van der Waals surface area contributed by atoms with Crippen molar-refractivity contribution < 1.29 is 4.79 Å². The number of hydrogen-bond donors (Lipinski definition) is 3. The van der Waals surface area contributed by atoms with Gasteiger partial charge in [0.05, 0.1) is 23.9 Å². The highest BCUT2D eigenvalue weighted by Gasteiger charge is 2.21. The normalized spacial score (nSPS) is 13.7. The summed E-state index contributed by atoms with van der Waals surface area (Å²) in [4.78, 5) is 25.5. The molecule has 4 aromatic rings. The van der Waals surface area contributed by atoms with E-state index in [1.54, 1.807) is 43.0 Å². The molecule has 3 N–H and O–H groups in total. The van der Waals surface area contributed by atoms with Crippen molar-refractivity contribution in [2.45, 2.75) is 33.1 Å². The number of rotatable bonds is 6. The van der Waals surface area contributed by atoms with Gasteiger partial charge in [-0.1, -0.05) is 13.8 Å². The van der Waals surface area contributed by atoms with Gasteiger partial charge in [0.15, 0.2) is 0 Å². The molecule has 3 aromatic heterocycles. The standard InChI is InChI=1S/C27H23N7O.C2H6/c28-16-18-1-7-24-23(15-18)25(11-14-30-24)33-20-4-2-19(3-5-20)27(35)34-26-8-6-22(17-31-26)32-21-9-12-29-13-10-21;1-2/h2-6,8-14,17-18H,1,7,15H2,(H,29,32)(H,30,33)(H,31,34,35);1-2H3. The van der Waals surface area contributed by atoms with Crippen LogP contribution < -0.4 is 16.0 Å². The molecule has 0 fully saturated rings. The van der Waals surface area contributed by atoms with Crippen molar-refractivity contribution in [3.8, 4) is 6.07 Å². The average molecular weight is 492 g/mol. The lowest BCUT2D eigenvalue weighted by atomic mass is 9.86. The fourth-order valence-corrected chi connectivity index (χ4v) is 4.06. The van der Waals surface area contributed by atoms with E-state index in [9.17, 15) is 10.1 Å². The molecule has 186 valence electrons. The predicted octanol–water partition coefficient (Wildman–Crippen LogP) is 6.27. The average Bonchev–Trinajstić information content (AvgIpc) is 2.96. The molecular weight excluding hydrogens is 462 g/mol. The largest absolute Gasteiger partial charge is 0.355 e. The summed E-state index contributed by atoms with van der Waals surface area (Å²) in [5.41, 5.74) is 6.20. The van der Waals surface area contributed by atoms with Crippen LogP contribution in [0.2, 0.25) is 0 Å². The minimum absolute atomic E-state index is 0.0208. The summed E-state index contributed by atoms with van der Waals surface area (Å²) in [6, 6.07) is 18.9. The fraction of sp³-hybridized carbons (Fsp3) is 0.207. The molecule has 1 atom stereocenters. The molecule has 0 saturated carbocycles. The Morgan fingerprint density at radius 3 is 2.32 bits per heavy atom. The molecule has 1 amide bonds. The lowest BCUT2D eigenvalue weighted by Crippen LogP contribution is -2.16. The van der Waals surface area contributed by atoms with E-state index in [4.69, 9.17) is 0 Å². The monoisotopic (exact) mass is 491 g/mol. The number of aromatic nitrogens is 3. The third-order valence-electron chi connectivity index (χ3n) is 5.91. The van der Waals surface area contributed by atoms with Crippen LogP contribution in [0, 0.1) is 17.2 Å². The van der Waals surface area contributed by atoms with Crippen molar-refractivity contribution in [3.63, 3.8) is 0 Å². The van der Waals surface area contributed by atoms with Gasteiger partial charge in [-0.05, 0) is 79.4 Å². The van der Waals surface area contributed by atoms with E-state index in [1.807, 2.05) is 50.2 Å². The molecule has 5 rings (SSSR count). The molecule has 1 aliphatic rings. The Bertz CT molecular complexity index is 1360. The number of fused-ring (bicyclic) bond motifs is 1. The van der Waals surface area contributed by atoms with Crippen molar-refractivity contribution in [2.24, 2.45) is 5.92 Å². The molecule has 0 saturated heterocycles. The van der Waals surface area contributed by atoms with Crippen LogP contribution in [0.5, 0.6) is 0 Å². The van der Waals surface area contributed by atoms with Crippen molar-refractivity contribution in [1.29, 1.82) is 5.26 Å². The van der Waals surface area contributed by atoms with E-state index in [-0.39, 0.29) is 11.8 Å². The van der Waals surface area contributed by atoms with Gasteiger partial charge in [0.2, 0.25) is 0 Å². The molecule has 0 bridgehead atoms. The summed E-state index contributed by atoms with van der Waals surface area (Å²) in [7, 11) is 0. The Labute approximate surface area is 216 Å². The van der Waals surface area contributed by atoms with Gasteiger partial charge in [0.1, 0.15) is 5.82 Å². The Hall–Kier alpha value is -4.77. The van der Waals surface area contributed by atoms with Crippen LogP contribution in [0.15, 0.2) is 79.4 Å². The number of pyridine rings is 3. The van der Waals surface area contributed by atoms with Gasteiger partial charge in [-0.2, -0.15) is 5.26 Å². The van der Waals surface area contributed by atoms with Crippen LogP contribution in [0.1, 0.15) is 41.9 Å². The second kappa shape index (κ2) is 12.3. The Morgan fingerprint density at radius 2 is 1.62 bits per heavy atom. The van der Waals surface area contributed by atoms with Crippen LogP contribution in [-0.4, -0.2) is 20.9 Å². The molecular formula is C29H29N7O. The second-order valence-electron chi connectivity index (χ2n) is 8.30. The summed E-state index contributed by atoms with van der Waals surface area (Å²) in [5, 5.41) is 18.8. The van der Waals surface area contributed by atoms with E-state index in [1.165, 1.54) is 0 Å². The smallest absolute Gasteiger partial charge is 0.256 e. The van der Waals surface area contributed by atoms with Crippen LogP contribution in [0.4, 0.5) is 28.6 Å². The molecule has 0 radical (unpaired) electrons. The van der Waals surface area contributed by atoms with Gasteiger partial charge in [-0.15, -0.1) is 0 Å². The first kappa shape index (κ1) is 25.3. The number of anilines is 5. The molecule has 1 aromatic carbocycles. The third-order valence-corrected chi connectivity index (χ3v) is 5.91. The number of amides is 1. The number of nitrogens with zero attached hydrogens (tertiary/aromatic N) is 4. The van der Waals surface area contributed by atoms with Crippen LogP contribution in [-0.2, 0) is 12.8 Å². The molecule has 8 heteroatoms. The van der Waals surface area contributed by atoms with Crippen LogP contribution in [0.25, 0.3) is 0 Å². The van der Waals surface area contributed by atoms with Crippen LogP contribution >= 0.6 is 0 Å². The van der Waals surface area contributed by atoms with Gasteiger partial charge >= 0.3 is 0 Å². The van der Waals surface area contributed by atoms with E-state index in [0.717, 1.165) is 46.8 Å². The van der Waals surface area contributed by atoms with Gasteiger partial charge in [-0.25, -0.2) is 4.98 Å². The number of benzene rings is 1. The van der Waals surface area contributed by atoms with Gasteiger partial charge < -0.3 is 16.0 Å². The first-order valence-corrected chi connectivity index (χ1v) is 12.4. The van der Waals surface area contributed by atoms with E-state index >= 15 is 0 Å². The predicted molar refractivity (Wildman–Crippen MR) is 146 cm³/mol. The topological polar surface area (TPSA) is 116 Å². The maximum Gasteiger partial charge on any atom is 0.256 e. The lowest BCUT2D eigenvalue weighted by molar-refractivity contribution is 0.102. The Balaban J connectivity index is 0.00000156. The number of carbonyl (C=O) groups excluding carboxylic acids is 1. The van der Waals surface area contributed by atoms with E-state index < -0.39 is 0 Å². The zero-order chi connectivity index (χ0) is 26.0. The molecule has 37 heavy (non-hydrogen) atoms. The minimum Gasteiger partial charge on any atom is -0.355 e. The highest BCUT2D eigenvalue weighted by molar-refractivity contribution is 6.04. The summed E-state index contributed by atoms with van der Waals surface area (Å²) in [6.45, 7) is 4.00. The zero-order valence-corrected chi connectivity index (χ0v) is 20.9. The zero-order valence-electron chi connectivity index (χ0n) is 20.9. The summed E-state index contributed by atoms with van der Waals surface area (Å²) >= 11 is 0. The summed E-state index contributed by atoms with van der Waals surface area (Å²) in [6.07, 6.45) is 9.24.